The molecule has 1 aliphatic rings. The van der Waals surface area contributed by atoms with Gasteiger partial charge in [0.2, 0.25) is 0 Å². The maximum absolute atomic E-state index is 14.1. The molecule has 0 spiro atoms. The molecule has 1 N–H and O–H groups in total. The highest BCUT2D eigenvalue weighted by Crippen LogP contribution is 2.41. The van der Waals surface area contributed by atoms with Crippen LogP contribution in [0.3, 0.4) is 0 Å². The van der Waals surface area contributed by atoms with E-state index in [4.69, 9.17) is 4.99 Å². The van der Waals surface area contributed by atoms with Gasteiger partial charge in [0.05, 0.1) is 5.54 Å². The van der Waals surface area contributed by atoms with E-state index in [0.29, 0.717) is 11.4 Å². The van der Waals surface area contributed by atoms with Crippen molar-refractivity contribution in [3.05, 3.63) is 107 Å². The SMILES string of the molecule is C[C@]1(c2ccccc2)NC(Cc2ccc(F)cc2F)=N[C@H]1c1ccccc1. The molecule has 2 atom stereocenters. The summed E-state index contributed by atoms with van der Waals surface area (Å²) in [5.74, 6) is -0.432. The summed E-state index contributed by atoms with van der Waals surface area (Å²) >= 11 is 0. The molecule has 3 aromatic carbocycles. The first-order chi connectivity index (χ1) is 13.1. The number of rotatable bonds is 4. The highest BCUT2D eigenvalue weighted by atomic mass is 19.1. The van der Waals surface area contributed by atoms with Crippen LogP contribution in [0.1, 0.15) is 29.7 Å². The van der Waals surface area contributed by atoms with E-state index < -0.39 is 17.2 Å². The van der Waals surface area contributed by atoms with Gasteiger partial charge in [0, 0.05) is 12.5 Å². The fraction of sp³-hybridized carbons (Fsp3) is 0.174. The summed E-state index contributed by atoms with van der Waals surface area (Å²) < 4.78 is 27.3. The molecule has 0 saturated carbocycles. The summed E-state index contributed by atoms with van der Waals surface area (Å²) in [7, 11) is 0. The zero-order chi connectivity index (χ0) is 18.9. The number of hydrogen-bond donors (Lipinski definition) is 1. The van der Waals surface area contributed by atoms with Crippen molar-refractivity contribution in [3.63, 3.8) is 0 Å². The molecule has 0 amide bonds. The molecule has 0 aliphatic carbocycles. The zero-order valence-electron chi connectivity index (χ0n) is 15.0. The minimum Gasteiger partial charge on any atom is -0.362 e. The van der Waals surface area contributed by atoms with Crippen molar-refractivity contribution >= 4 is 5.84 Å². The van der Waals surface area contributed by atoms with E-state index in [1.54, 1.807) is 0 Å². The molecule has 0 bridgehead atoms. The predicted molar refractivity (Wildman–Crippen MR) is 104 cm³/mol. The van der Waals surface area contributed by atoms with E-state index in [2.05, 4.69) is 36.5 Å². The Kier molecular flexibility index (Phi) is 4.48. The quantitative estimate of drug-likeness (QED) is 0.681. The van der Waals surface area contributed by atoms with Crippen molar-refractivity contribution in [3.8, 4) is 0 Å². The van der Waals surface area contributed by atoms with E-state index >= 15 is 0 Å². The van der Waals surface area contributed by atoms with Crippen molar-refractivity contribution in [1.29, 1.82) is 0 Å². The van der Waals surface area contributed by atoms with Crippen LogP contribution < -0.4 is 5.32 Å². The Hall–Kier alpha value is -3.01. The molecular formula is C23H20F2N2. The normalized spacial score (nSPS) is 21.6. The Morgan fingerprint density at radius 1 is 0.926 bits per heavy atom. The monoisotopic (exact) mass is 362 g/mol. The lowest BCUT2D eigenvalue weighted by atomic mass is 9.82. The van der Waals surface area contributed by atoms with Crippen LogP contribution in [0.4, 0.5) is 8.78 Å². The van der Waals surface area contributed by atoms with Crippen molar-refractivity contribution in [2.45, 2.75) is 24.9 Å². The molecular weight excluding hydrogens is 342 g/mol. The van der Waals surface area contributed by atoms with Crippen LogP contribution in [0.2, 0.25) is 0 Å². The van der Waals surface area contributed by atoms with Crippen LogP contribution in [0.15, 0.2) is 83.9 Å². The van der Waals surface area contributed by atoms with E-state index in [1.807, 2.05) is 36.4 Å². The number of nitrogens with zero attached hydrogens (tertiary/aromatic N) is 1. The van der Waals surface area contributed by atoms with Gasteiger partial charge in [-0.2, -0.15) is 0 Å². The molecule has 0 fully saturated rings. The standard InChI is InChI=1S/C23H20F2N2/c1-23(18-10-6-3-7-11-18)22(16-8-4-2-5-9-16)26-21(27-23)14-17-12-13-19(24)15-20(17)25/h2-13,15,22H,14H2,1H3,(H,26,27)/t22-,23+/m0/s1. The molecule has 27 heavy (non-hydrogen) atoms. The van der Waals surface area contributed by atoms with Gasteiger partial charge < -0.3 is 5.32 Å². The summed E-state index contributed by atoms with van der Waals surface area (Å²) in [5, 5.41) is 3.51. The third-order valence-electron chi connectivity index (χ3n) is 5.10. The van der Waals surface area contributed by atoms with Crippen LogP contribution in [0.25, 0.3) is 0 Å². The molecule has 0 radical (unpaired) electrons. The van der Waals surface area contributed by atoms with Gasteiger partial charge in [0.15, 0.2) is 0 Å². The van der Waals surface area contributed by atoms with Crippen molar-refractivity contribution in [1.82, 2.24) is 5.32 Å². The Morgan fingerprint density at radius 2 is 1.59 bits per heavy atom. The summed E-state index contributed by atoms with van der Waals surface area (Å²) in [4.78, 5) is 4.89. The maximum Gasteiger partial charge on any atom is 0.129 e. The zero-order valence-corrected chi connectivity index (χ0v) is 15.0. The lowest BCUT2D eigenvalue weighted by molar-refractivity contribution is 0.385. The molecule has 4 rings (SSSR count). The number of hydrogen-bond acceptors (Lipinski definition) is 2. The van der Waals surface area contributed by atoms with Gasteiger partial charge in [-0.3, -0.25) is 4.99 Å². The fourth-order valence-corrected chi connectivity index (χ4v) is 3.68. The number of halogens is 2. The number of aliphatic imine (C=N–C) groups is 1. The second-order valence-corrected chi connectivity index (χ2v) is 6.99. The highest BCUT2D eigenvalue weighted by molar-refractivity contribution is 5.87. The lowest BCUT2D eigenvalue weighted by Gasteiger charge is -2.32. The van der Waals surface area contributed by atoms with Gasteiger partial charge in [0.1, 0.15) is 23.5 Å². The highest BCUT2D eigenvalue weighted by Gasteiger charge is 2.42. The van der Waals surface area contributed by atoms with Gasteiger partial charge in [-0.1, -0.05) is 66.7 Å². The Bertz CT molecular complexity index is 970. The van der Waals surface area contributed by atoms with E-state index in [-0.39, 0.29) is 12.5 Å². The second kappa shape index (κ2) is 6.95. The number of benzene rings is 3. The van der Waals surface area contributed by atoms with Crippen molar-refractivity contribution < 1.29 is 8.78 Å². The number of nitrogens with one attached hydrogen (secondary N) is 1. The first-order valence-corrected chi connectivity index (χ1v) is 8.95. The van der Waals surface area contributed by atoms with E-state index in [1.165, 1.54) is 12.1 Å². The molecule has 2 nitrogen and oxygen atoms in total. The van der Waals surface area contributed by atoms with Crippen LogP contribution in [0, 0.1) is 11.6 Å². The Morgan fingerprint density at radius 3 is 2.26 bits per heavy atom. The minimum atomic E-state index is -0.575. The Labute approximate surface area is 157 Å². The van der Waals surface area contributed by atoms with Crippen LogP contribution >= 0.6 is 0 Å². The van der Waals surface area contributed by atoms with Crippen LogP contribution in [-0.2, 0) is 12.0 Å². The van der Waals surface area contributed by atoms with Gasteiger partial charge in [0.25, 0.3) is 0 Å². The average Bonchev–Trinajstić information content (AvgIpc) is 3.03. The topological polar surface area (TPSA) is 24.4 Å². The maximum atomic E-state index is 14.1. The molecule has 0 aromatic heterocycles. The second-order valence-electron chi connectivity index (χ2n) is 6.99. The van der Waals surface area contributed by atoms with Crippen LogP contribution in [-0.4, -0.2) is 5.84 Å². The Balaban J connectivity index is 1.72. The minimum absolute atomic E-state index is 0.139. The number of amidine groups is 1. The first-order valence-electron chi connectivity index (χ1n) is 8.95. The average molecular weight is 362 g/mol. The van der Waals surface area contributed by atoms with Crippen molar-refractivity contribution in [2.75, 3.05) is 0 Å². The smallest absolute Gasteiger partial charge is 0.129 e. The molecule has 0 saturated heterocycles. The van der Waals surface area contributed by atoms with Gasteiger partial charge >= 0.3 is 0 Å². The van der Waals surface area contributed by atoms with Crippen LogP contribution in [0.5, 0.6) is 0 Å². The van der Waals surface area contributed by atoms with Gasteiger partial charge in [-0.05, 0) is 29.7 Å². The summed E-state index contributed by atoms with van der Waals surface area (Å²) in [6, 6.07) is 23.7. The van der Waals surface area contributed by atoms with Gasteiger partial charge in [-0.25, -0.2) is 8.78 Å². The summed E-state index contributed by atoms with van der Waals surface area (Å²) in [5.41, 5.74) is 2.17. The molecule has 4 heteroatoms. The molecule has 1 aliphatic heterocycles. The predicted octanol–water partition coefficient (Wildman–Crippen LogP) is 5.17. The van der Waals surface area contributed by atoms with E-state index in [9.17, 15) is 8.78 Å². The molecule has 3 aromatic rings. The lowest BCUT2D eigenvalue weighted by Crippen LogP contribution is -2.42. The molecule has 0 unspecified atom stereocenters. The molecule has 1 heterocycles. The first kappa shape index (κ1) is 17.4. The summed E-state index contributed by atoms with van der Waals surface area (Å²) in [6.45, 7) is 2.11. The summed E-state index contributed by atoms with van der Waals surface area (Å²) in [6.07, 6.45) is 0.290. The third kappa shape index (κ3) is 3.35. The third-order valence-corrected chi connectivity index (χ3v) is 5.10. The fourth-order valence-electron chi connectivity index (χ4n) is 3.68. The van der Waals surface area contributed by atoms with E-state index in [0.717, 1.165) is 17.2 Å². The largest absolute Gasteiger partial charge is 0.362 e. The van der Waals surface area contributed by atoms with Crippen molar-refractivity contribution in [2.24, 2.45) is 4.99 Å². The molecule has 136 valence electrons. The van der Waals surface area contributed by atoms with Gasteiger partial charge in [-0.15, -0.1) is 0 Å².